The quantitative estimate of drug-likeness (QED) is 0.715. The molecular formula is C20H28FNO3Si. The van der Waals surface area contributed by atoms with E-state index in [1.54, 1.807) is 16.7 Å². The molecule has 0 saturated heterocycles. The van der Waals surface area contributed by atoms with Crippen LogP contribution >= 0.6 is 0 Å². The first-order chi connectivity index (χ1) is 12.2. The summed E-state index contributed by atoms with van der Waals surface area (Å²) in [5, 5.41) is 0. The Hall–Kier alpha value is -1.53. The first-order valence-corrected chi connectivity index (χ1v) is 12.0. The molecular weight excluding hydrogens is 349 g/mol. The summed E-state index contributed by atoms with van der Waals surface area (Å²) in [6, 6.07) is 6.96. The number of ether oxygens (including phenoxy) is 1. The van der Waals surface area contributed by atoms with Gasteiger partial charge in [-0.05, 0) is 30.3 Å². The number of amides is 1. The van der Waals surface area contributed by atoms with Gasteiger partial charge in [-0.3, -0.25) is 9.59 Å². The van der Waals surface area contributed by atoms with Gasteiger partial charge < -0.3 is 9.30 Å². The van der Waals surface area contributed by atoms with Crippen LogP contribution in [0.3, 0.4) is 0 Å². The summed E-state index contributed by atoms with van der Waals surface area (Å²) in [6.07, 6.45) is 0. The molecule has 0 aromatic heterocycles. The van der Waals surface area contributed by atoms with Crippen LogP contribution in [0.5, 0.6) is 0 Å². The number of para-hydroxylation sites is 1. The van der Waals surface area contributed by atoms with Crippen molar-refractivity contribution in [2.75, 3.05) is 11.7 Å². The highest BCUT2D eigenvalue weighted by Crippen LogP contribution is 2.67. The van der Waals surface area contributed by atoms with Crippen LogP contribution in [-0.2, 0) is 9.53 Å². The average Bonchev–Trinajstić information content (AvgIpc) is 3.17. The summed E-state index contributed by atoms with van der Waals surface area (Å²) < 4.78 is 22.4. The second-order valence-electron chi connectivity index (χ2n) is 8.02. The van der Waals surface area contributed by atoms with E-state index < -0.39 is 31.0 Å². The van der Waals surface area contributed by atoms with Crippen LogP contribution in [0.2, 0.25) is 18.1 Å². The second-order valence-corrected chi connectivity index (χ2v) is 13.0. The Morgan fingerprint density at radius 1 is 1.15 bits per heavy atom. The van der Waals surface area contributed by atoms with Crippen molar-refractivity contribution in [3.63, 3.8) is 0 Å². The van der Waals surface area contributed by atoms with E-state index >= 15 is 0 Å². The van der Waals surface area contributed by atoms with E-state index in [0.717, 1.165) is 18.1 Å². The maximum Gasteiger partial charge on any atom is 0.252 e. The molecule has 3 rings (SSSR count). The molecule has 1 fully saturated rings. The van der Waals surface area contributed by atoms with Crippen LogP contribution in [0, 0.1) is 17.2 Å². The lowest BCUT2D eigenvalue weighted by Crippen LogP contribution is -2.60. The van der Waals surface area contributed by atoms with E-state index in [1.165, 1.54) is 13.2 Å². The number of anilines is 1. The zero-order chi connectivity index (χ0) is 19.5. The van der Waals surface area contributed by atoms with Gasteiger partial charge in [0, 0.05) is 18.1 Å². The van der Waals surface area contributed by atoms with Gasteiger partial charge in [0.1, 0.15) is 5.82 Å². The van der Waals surface area contributed by atoms with Crippen molar-refractivity contribution in [3.8, 4) is 0 Å². The molecule has 142 valence electrons. The number of methoxy groups -OCH3 is 1. The van der Waals surface area contributed by atoms with E-state index in [0.29, 0.717) is 5.56 Å². The first-order valence-electron chi connectivity index (χ1n) is 9.42. The Bertz CT molecular complexity index is 766. The molecule has 26 heavy (non-hydrogen) atoms. The lowest BCUT2D eigenvalue weighted by molar-refractivity contribution is -0.132. The van der Waals surface area contributed by atoms with Gasteiger partial charge in [0.15, 0.2) is 19.6 Å². The highest BCUT2D eigenvalue weighted by molar-refractivity contribution is 6.86. The molecule has 0 spiro atoms. The molecule has 0 N–H and O–H groups in total. The Morgan fingerprint density at radius 2 is 1.73 bits per heavy atom. The normalized spacial score (nSPS) is 27.0. The fourth-order valence-electron chi connectivity index (χ4n) is 5.14. The van der Waals surface area contributed by atoms with Crippen molar-refractivity contribution >= 4 is 25.6 Å². The van der Waals surface area contributed by atoms with Crippen molar-refractivity contribution in [2.45, 2.75) is 58.4 Å². The van der Waals surface area contributed by atoms with Gasteiger partial charge in [-0.25, -0.2) is 4.39 Å². The number of fused-ring (bicyclic) bond motifs is 2. The maximum atomic E-state index is 15.0. The van der Waals surface area contributed by atoms with Crippen molar-refractivity contribution in [3.05, 3.63) is 29.6 Å². The minimum absolute atomic E-state index is 0.180. The Kier molecular flexibility index (Phi) is 4.43. The summed E-state index contributed by atoms with van der Waals surface area (Å²) >= 11 is 0. The molecule has 2 unspecified atom stereocenters. The molecule has 1 aromatic carbocycles. The molecule has 1 aliphatic heterocycles. The second kappa shape index (κ2) is 5.99. The summed E-state index contributed by atoms with van der Waals surface area (Å²) in [7, 11) is -0.863. The number of ketones is 1. The molecule has 0 radical (unpaired) electrons. The zero-order valence-corrected chi connectivity index (χ0v) is 17.5. The van der Waals surface area contributed by atoms with Crippen LogP contribution in [0.1, 0.15) is 45.0 Å². The van der Waals surface area contributed by atoms with E-state index in [-0.39, 0.29) is 17.4 Å². The van der Waals surface area contributed by atoms with Gasteiger partial charge in [-0.2, -0.15) is 0 Å². The molecule has 2 atom stereocenters. The number of carbonyl (C=O) groups is 2. The molecule has 1 saturated carbocycles. The van der Waals surface area contributed by atoms with Gasteiger partial charge in [0.25, 0.3) is 5.91 Å². The number of benzene rings is 1. The molecule has 1 heterocycles. The first kappa shape index (κ1) is 19.2. The highest BCUT2D eigenvalue weighted by atomic mass is 28.3. The monoisotopic (exact) mass is 377 g/mol. The topological polar surface area (TPSA) is 46.6 Å². The zero-order valence-electron chi connectivity index (χ0n) is 16.5. The minimum atomic E-state index is -2.35. The lowest BCUT2D eigenvalue weighted by Gasteiger charge is -2.43. The molecule has 0 bridgehead atoms. The Morgan fingerprint density at radius 3 is 2.23 bits per heavy atom. The van der Waals surface area contributed by atoms with Gasteiger partial charge in [0.05, 0.1) is 11.6 Å². The standard InChI is InChI=1S/C20H28FNO3Si/c1-7-26(8-2,9-3)22-15-13(11-10-12-14(15)21)16(23)17-19(4,5)20(17,25-6)18(22)24/h10-12,17H,7-9H2,1-6H3. The summed E-state index contributed by atoms with van der Waals surface area (Å²) in [4.78, 5) is 27.1. The van der Waals surface area contributed by atoms with Crippen molar-refractivity contribution in [1.29, 1.82) is 0 Å². The third-order valence-corrected chi connectivity index (χ3v) is 12.4. The molecule has 2 aliphatic rings. The summed E-state index contributed by atoms with van der Waals surface area (Å²) in [5.41, 5.74) is -1.31. The van der Waals surface area contributed by atoms with E-state index in [2.05, 4.69) is 20.8 Å². The Labute approximate surface area is 155 Å². The van der Waals surface area contributed by atoms with E-state index in [9.17, 15) is 14.0 Å². The van der Waals surface area contributed by atoms with E-state index in [1.807, 2.05) is 13.8 Å². The van der Waals surface area contributed by atoms with Gasteiger partial charge in [-0.15, -0.1) is 0 Å². The van der Waals surface area contributed by atoms with Crippen molar-refractivity contribution < 1.29 is 18.7 Å². The maximum absolute atomic E-state index is 15.0. The fourth-order valence-corrected chi connectivity index (χ4v) is 8.89. The van der Waals surface area contributed by atoms with Crippen LogP contribution < -0.4 is 4.57 Å². The third kappa shape index (κ3) is 2.03. The van der Waals surface area contributed by atoms with Crippen LogP contribution in [0.4, 0.5) is 10.1 Å². The SMILES string of the molecule is CC[Si](CC)(CC)N1C(=O)C2(OC)C(C(=O)c3cccc(F)c31)C2(C)C. The van der Waals surface area contributed by atoms with E-state index in [4.69, 9.17) is 4.74 Å². The largest absolute Gasteiger partial charge is 0.367 e. The fraction of sp³-hybridized carbons (Fsp3) is 0.600. The number of hydrogen-bond donors (Lipinski definition) is 0. The van der Waals surface area contributed by atoms with Gasteiger partial charge in [0.2, 0.25) is 0 Å². The summed E-state index contributed by atoms with van der Waals surface area (Å²) in [6.45, 7) is 9.98. The van der Waals surface area contributed by atoms with Crippen molar-refractivity contribution in [1.82, 2.24) is 0 Å². The Balaban J connectivity index is 2.37. The average molecular weight is 378 g/mol. The minimum Gasteiger partial charge on any atom is -0.367 e. The number of halogens is 1. The molecule has 4 nitrogen and oxygen atoms in total. The number of carbonyl (C=O) groups excluding carboxylic acids is 2. The van der Waals surface area contributed by atoms with Gasteiger partial charge >= 0.3 is 0 Å². The molecule has 1 amide bonds. The van der Waals surface area contributed by atoms with Gasteiger partial charge in [-0.1, -0.05) is 40.7 Å². The van der Waals surface area contributed by atoms with Crippen LogP contribution in [-0.4, -0.2) is 32.6 Å². The van der Waals surface area contributed by atoms with Crippen LogP contribution in [0.15, 0.2) is 18.2 Å². The third-order valence-electron chi connectivity index (χ3n) is 7.03. The predicted molar refractivity (Wildman–Crippen MR) is 102 cm³/mol. The smallest absolute Gasteiger partial charge is 0.252 e. The van der Waals surface area contributed by atoms with Crippen molar-refractivity contribution in [2.24, 2.45) is 11.3 Å². The lowest BCUT2D eigenvalue weighted by atomic mass is 9.99. The highest BCUT2D eigenvalue weighted by Gasteiger charge is 2.81. The number of Topliss-reactive ketones (excluding diaryl/α,β-unsaturated/α-hetero) is 1. The number of nitrogens with zero attached hydrogens (tertiary/aromatic N) is 1. The molecule has 1 aromatic rings. The van der Waals surface area contributed by atoms with Crippen LogP contribution in [0.25, 0.3) is 0 Å². The molecule has 6 heteroatoms. The summed E-state index contributed by atoms with van der Waals surface area (Å²) in [5.74, 6) is -1.49. The predicted octanol–water partition coefficient (Wildman–Crippen LogP) is 4.40. The number of hydrogen-bond acceptors (Lipinski definition) is 3. The molecule has 1 aliphatic carbocycles. The number of rotatable bonds is 5.